The second kappa shape index (κ2) is 15.1. The van der Waals surface area contributed by atoms with Crippen LogP contribution in [-0.4, -0.2) is 12.6 Å². The number of hydrogen-bond acceptors (Lipinski definition) is 4. The van der Waals surface area contributed by atoms with Crippen LogP contribution in [0.1, 0.15) is 82.5 Å². The maximum atomic E-state index is 12.4. The van der Waals surface area contributed by atoms with Gasteiger partial charge in [0.15, 0.2) is 0 Å². The summed E-state index contributed by atoms with van der Waals surface area (Å²) in [7, 11) is 0. The summed E-state index contributed by atoms with van der Waals surface area (Å²) in [6.07, 6.45) is 13.2. The molecule has 1 atom stereocenters. The number of ether oxygens (including phenoxy) is 3. The molecule has 0 fully saturated rings. The van der Waals surface area contributed by atoms with Crippen molar-refractivity contribution in [1.29, 1.82) is 0 Å². The van der Waals surface area contributed by atoms with Crippen LogP contribution in [0, 0.1) is 5.92 Å². The van der Waals surface area contributed by atoms with Gasteiger partial charge in [0, 0.05) is 0 Å². The van der Waals surface area contributed by atoms with E-state index in [9.17, 15) is 4.79 Å². The minimum Gasteiger partial charge on any atom is -0.494 e. The van der Waals surface area contributed by atoms with Crippen LogP contribution in [0.2, 0.25) is 0 Å². The highest BCUT2D eigenvalue weighted by atomic mass is 16.5. The first-order valence-corrected chi connectivity index (χ1v) is 12.0. The fourth-order valence-corrected chi connectivity index (χ4v) is 3.15. The van der Waals surface area contributed by atoms with Gasteiger partial charge >= 0.3 is 5.97 Å². The van der Waals surface area contributed by atoms with Crippen LogP contribution in [-0.2, 0) is 0 Å². The van der Waals surface area contributed by atoms with Crippen LogP contribution in [0.15, 0.2) is 60.9 Å². The van der Waals surface area contributed by atoms with E-state index in [4.69, 9.17) is 14.2 Å². The van der Waals surface area contributed by atoms with Crippen LogP contribution in [0.5, 0.6) is 17.2 Å². The Hall–Kier alpha value is -2.75. The average molecular weight is 439 g/mol. The Morgan fingerprint density at radius 2 is 1.56 bits per heavy atom. The lowest BCUT2D eigenvalue weighted by Gasteiger charge is -2.10. The molecule has 4 heteroatoms. The molecule has 0 aliphatic carbocycles. The molecule has 2 rings (SSSR count). The van der Waals surface area contributed by atoms with Crippen LogP contribution < -0.4 is 14.2 Å². The Morgan fingerprint density at radius 3 is 2.25 bits per heavy atom. The molecule has 2 aromatic rings. The Bertz CT molecular complexity index is 793. The average Bonchev–Trinajstić information content (AvgIpc) is 2.82. The number of benzene rings is 2. The van der Waals surface area contributed by atoms with Crippen LogP contribution >= 0.6 is 0 Å². The zero-order chi connectivity index (χ0) is 23.0. The smallest absolute Gasteiger partial charge is 0.343 e. The van der Waals surface area contributed by atoms with Crippen molar-refractivity contribution in [3.8, 4) is 17.2 Å². The van der Waals surface area contributed by atoms with E-state index in [0.717, 1.165) is 24.5 Å². The minimum atomic E-state index is -0.394. The zero-order valence-electron chi connectivity index (χ0n) is 19.8. The summed E-state index contributed by atoms with van der Waals surface area (Å²) in [6, 6.07) is 14.1. The molecule has 1 unspecified atom stereocenters. The van der Waals surface area contributed by atoms with E-state index in [2.05, 4.69) is 20.8 Å². The van der Waals surface area contributed by atoms with Crippen molar-refractivity contribution < 1.29 is 19.0 Å². The zero-order valence-corrected chi connectivity index (χ0v) is 19.8. The number of carbonyl (C=O) groups is 1. The van der Waals surface area contributed by atoms with Crippen molar-refractivity contribution in [2.24, 2.45) is 5.92 Å². The van der Waals surface area contributed by atoms with Gasteiger partial charge in [-0.3, -0.25) is 0 Å². The summed E-state index contributed by atoms with van der Waals surface area (Å²) >= 11 is 0. The lowest BCUT2D eigenvalue weighted by Crippen LogP contribution is -2.08. The molecule has 32 heavy (non-hydrogen) atoms. The molecule has 0 saturated heterocycles. The molecule has 2 aromatic carbocycles. The van der Waals surface area contributed by atoms with E-state index in [1.807, 2.05) is 18.2 Å². The van der Waals surface area contributed by atoms with Gasteiger partial charge in [-0.05, 0) is 86.2 Å². The van der Waals surface area contributed by atoms with Crippen molar-refractivity contribution >= 4 is 5.97 Å². The molecule has 0 aliphatic rings. The number of unbranched alkanes of at least 4 members (excludes halogenated alkanes) is 4. The Morgan fingerprint density at radius 1 is 0.875 bits per heavy atom. The lowest BCUT2D eigenvalue weighted by molar-refractivity contribution is 0.0734. The molecule has 0 amide bonds. The molecular weight excluding hydrogens is 400 g/mol. The normalized spacial score (nSPS) is 12.0. The lowest BCUT2D eigenvalue weighted by atomic mass is 10.0. The second-order valence-corrected chi connectivity index (χ2v) is 8.23. The van der Waals surface area contributed by atoms with Gasteiger partial charge in [0.25, 0.3) is 0 Å². The molecule has 4 nitrogen and oxygen atoms in total. The van der Waals surface area contributed by atoms with E-state index in [1.54, 1.807) is 42.7 Å². The molecule has 0 bridgehead atoms. The van der Waals surface area contributed by atoms with Crippen molar-refractivity contribution in [2.75, 3.05) is 6.61 Å². The summed E-state index contributed by atoms with van der Waals surface area (Å²) in [5.41, 5.74) is 0.489. The van der Waals surface area contributed by atoms with Gasteiger partial charge in [0.1, 0.15) is 17.2 Å². The van der Waals surface area contributed by atoms with Crippen LogP contribution in [0.4, 0.5) is 0 Å². The largest absolute Gasteiger partial charge is 0.494 e. The quantitative estimate of drug-likeness (QED) is 0.122. The molecule has 0 spiro atoms. The SMILES string of the molecule is CCCCCCC=COc1ccc(OC(=O)c2ccc(OCCCC(C)CC)cc2)cc1. The Kier molecular flexibility index (Phi) is 12.1. The van der Waals surface area contributed by atoms with Gasteiger partial charge in [0.2, 0.25) is 0 Å². The third kappa shape index (κ3) is 10.0. The van der Waals surface area contributed by atoms with Gasteiger partial charge in [0.05, 0.1) is 18.4 Å². The number of hydrogen-bond donors (Lipinski definition) is 0. The first-order chi connectivity index (χ1) is 15.6. The van der Waals surface area contributed by atoms with Crippen molar-refractivity contribution in [3.63, 3.8) is 0 Å². The van der Waals surface area contributed by atoms with Gasteiger partial charge in [-0.2, -0.15) is 0 Å². The molecule has 174 valence electrons. The van der Waals surface area contributed by atoms with E-state index in [1.165, 1.54) is 38.5 Å². The van der Waals surface area contributed by atoms with Gasteiger partial charge in [-0.25, -0.2) is 4.79 Å². The third-order valence-electron chi connectivity index (χ3n) is 5.46. The Balaban J connectivity index is 1.73. The molecule has 0 aliphatic heterocycles. The standard InChI is InChI=1S/C28H38O4/c1-4-6-7-8-9-10-21-30-26-17-19-27(20-18-26)32-28(29)24-13-15-25(16-14-24)31-22-11-12-23(3)5-2/h10,13-21,23H,4-9,11-12,22H2,1-3H3. The monoisotopic (exact) mass is 438 g/mol. The predicted octanol–water partition coefficient (Wildman–Crippen LogP) is 7.97. The van der Waals surface area contributed by atoms with Crippen molar-refractivity contribution in [3.05, 3.63) is 66.4 Å². The van der Waals surface area contributed by atoms with Gasteiger partial charge in [-0.1, -0.05) is 46.5 Å². The molecule has 0 radical (unpaired) electrons. The summed E-state index contributed by atoms with van der Waals surface area (Å²) in [5.74, 6) is 2.30. The Labute approximate surface area is 193 Å². The molecule has 0 N–H and O–H groups in total. The minimum absolute atomic E-state index is 0.394. The number of rotatable bonds is 15. The van der Waals surface area contributed by atoms with Crippen molar-refractivity contribution in [1.82, 2.24) is 0 Å². The molecular formula is C28H38O4. The summed E-state index contributed by atoms with van der Waals surface area (Å²) < 4.78 is 16.8. The van der Waals surface area contributed by atoms with E-state index >= 15 is 0 Å². The van der Waals surface area contributed by atoms with E-state index in [-0.39, 0.29) is 0 Å². The fraction of sp³-hybridized carbons (Fsp3) is 0.464. The maximum Gasteiger partial charge on any atom is 0.343 e. The number of carbonyl (C=O) groups excluding carboxylic acids is 1. The second-order valence-electron chi connectivity index (χ2n) is 8.23. The summed E-state index contributed by atoms with van der Waals surface area (Å²) in [5, 5.41) is 0. The highest BCUT2D eigenvalue weighted by Crippen LogP contribution is 2.20. The van der Waals surface area contributed by atoms with Gasteiger partial charge in [-0.15, -0.1) is 0 Å². The fourth-order valence-electron chi connectivity index (χ4n) is 3.15. The first-order valence-electron chi connectivity index (χ1n) is 12.0. The molecule has 0 saturated carbocycles. The number of esters is 1. The van der Waals surface area contributed by atoms with Crippen molar-refractivity contribution in [2.45, 2.75) is 72.1 Å². The van der Waals surface area contributed by atoms with E-state index in [0.29, 0.717) is 23.7 Å². The maximum absolute atomic E-state index is 12.4. The molecule has 0 heterocycles. The predicted molar refractivity (Wildman–Crippen MR) is 131 cm³/mol. The topological polar surface area (TPSA) is 44.8 Å². The third-order valence-corrected chi connectivity index (χ3v) is 5.46. The first kappa shape index (κ1) is 25.5. The van der Waals surface area contributed by atoms with Crippen LogP contribution in [0.25, 0.3) is 0 Å². The van der Waals surface area contributed by atoms with Gasteiger partial charge < -0.3 is 14.2 Å². The highest BCUT2D eigenvalue weighted by molar-refractivity contribution is 5.91. The van der Waals surface area contributed by atoms with E-state index < -0.39 is 5.97 Å². The molecule has 0 aromatic heterocycles. The summed E-state index contributed by atoms with van der Waals surface area (Å²) in [6.45, 7) is 7.37. The highest BCUT2D eigenvalue weighted by Gasteiger charge is 2.09. The number of allylic oxidation sites excluding steroid dienone is 1. The van der Waals surface area contributed by atoms with Crippen LogP contribution in [0.3, 0.4) is 0 Å². The summed E-state index contributed by atoms with van der Waals surface area (Å²) in [4.78, 5) is 12.4.